The van der Waals surface area contributed by atoms with Gasteiger partial charge in [-0.3, -0.25) is 4.79 Å². The normalized spacial score (nSPS) is 19.8. The van der Waals surface area contributed by atoms with Crippen LogP contribution in [0.4, 0.5) is 0 Å². The first-order valence-corrected chi connectivity index (χ1v) is 8.35. The van der Waals surface area contributed by atoms with E-state index in [9.17, 15) is 4.79 Å². The van der Waals surface area contributed by atoms with Crippen LogP contribution in [0.25, 0.3) is 0 Å². The number of benzene rings is 2. The molecule has 0 aromatic heterocycles. The number of carbonyl (C=O) groups is 1. The van der Waals surface area contributed by atoms with E-state index in [1.807, 2.05) is 60.3 Å². The molecule has 1 fully saturated rings. The Morgan fingerprint density at radius 1 is 1.09 bits per heavy atom. The van der Waals surface area contributed by atoms with Crippen LogP contribution in [-0.4, -0.2) is 23.8 Å². The van der Waals surface area contributed by atoms with Crippen LogP contribution in [0.1, 0.15) is 12.0 Å². The second kappa shape index (κ2) is 8.96. The first kappa shape index (κ1) is 17.9. The average molecular weight is 350 g/mol. The average Bonchev–Trinajstić information content (AvgIpc) is 3.03. The smallest absolute Gasteiger partial charge is 0.323 e. The molecule has 1 aliphatic rings. The second-order valence-electron chi connectivity index (χ2n) is 5.34. The highest BCUT2D eigenvalue weighted by Gasteiger charge is 2.31. The van der Waals surface area contributed by atoms with Crippen molar-refractivity contribution in [3.8, 4) is 0 Å². The van der Waals surface area contributed by atoms with Gasteiger partial charge in [-0.05, 0) is 24.1 Å². The molecule has 2 aromatic carbocycles. The number of hydrogen-bond acceptors (Lipinski definition) is 4. The molecule has 1 N–H and O–H groups in total. The van der Waals surface area contributed by atoms with Gasteiger partial charge in [-0.1, -0.05) is 48.5 Å². The fraction of sp³-hybridized carbons (Fsp3) is 0.278. The molecule has 0 spiro atoms. The molecule has 1 saturated heterocycles. The third-order valence-electron chi connectivity index (χ3n) is 3.64. The van der Waals surface area contributed by atoms with Crippen molar-refractivity contribution in [3.63, 3.8) is 0 Å². The van der Waals surface area contributed by atoms with Crippen LogP contribution in [0.15, 0.2) is 65.6 Å². The van der Waals surface area contributed by atoms with E-state index >= 15 is 0 Å². The maximum atomic E-state index is 12.1. The van der Waals surface area contributed by atoms with Gasteiger partial charge in [-0.15, -0.1) is 24.2 Å². The zero-order chi connectivity index (χ0) is 15.2. The van der Waals surface area contributed by atoms with Gasteiger partial charge in [0.05, 0.1) is 0 Å². The standard InChI is InChI=1S/C18H19NO2S.ClH/c20-18(21-13-14-7-3-1-4-8-14)17-11-16(12-19-17)22-15-9-5-2-6-10-15;/h1-10,16-17,19H,11-13H2;1H/t16-,17-;/m0./s1. The van der Waals surface area contributed by atoms with Crippen LogP contribution in [0, 0.1) is 0 Å². The number of carbonyl (C=O) groups excluding carboxylic acids is 1. The van der Waals surface area contributed by atoms with Gasteiger partial charge < -0.3 is 10.1 Å². The lowest BCUT2D eigenvalue weighted by Gasteiger charge is -2.11. The summed E-state index contributed by atoms with van der Waals surface area (Å²) in [6, 6.07) is 19.9. The minimum Gasteiger partial charge on any atom is -0.460 e. The number of rotatable bonds is 5. The molecule has 5 heteroatoms. The summed E-state index contributed by atoms with van der Waals surface area (Å²) in [6.07, 6.45) is 0.813. The molecule has 23 heavy (non-hydrogen) atoms. The maximum Gasteiger partial charge on any atom is 0.323 e. The van der Waals surface area contributed by atoms with E-state index < -0.39 is 0 Å². The van der Waals surface area contributed by atoms with Gasteiger partial charge in [0, 0.05) is 16.7 Å². The maximum absolute atomic E-state index is 12.1. The van der Waals surface area contributed by atoms with Crippen molar-refractivity contribution in [2.75, 3.05) is 6.54 Å². The highest BCUT2D eigenvalue weighted by Crippen LogP contribution is 2.28. The number of hydrogen-bond donors (Lipinski definition) is 1. The molecule has 0 bridgehead atoms. The fourth-order valence-corrected chi connectivity index (χ4v) is 3.66. The van der Waals surface area contributed by atoms with Crippen molar-refractivity contribution in [1.82, 2.24) is 5.32 Å². The van der Waals surface area contributed by atoms with Gasteiger partial charge in [0.2, 0.25) is 0 Å². The van der Waals surface area contributed by atoms with Gasteiger partial charge in [-0.25, -0.2) is 0 Å². The summed E-state index contributed by atoms with van der Waals surface area (Å²) in [5.74, 6) is -0.153. The Kier molecular flexibility index (Phi) is 6.96. The lowest BCUT2D eigenvalue weighted by Crippen LogP contribution is -2.32. The van der Waals surface area contributed by atoms with Crippen LogP contribution < -0.4 is 5.32 Å². The largest absolute Gasteiger partial charge is 0.460 e. The van der Waals surface area contributed by atoms with E-state index in [0.717, 1.165) is 18.5 Å². The fourth-order valence-electron chi connectivity index (χ4n) is 2.49. The van der Waals surface area contributed by atoms with E-state index in [2.05, 4.69) is 17.4 Å². The molecule has 3 nitrogen and oxygen atoms in total. The number of nitrogens with one attached hydrogen (secondary N) is 1. The zero-order valence-corrected chi connectivity index (χ0v) is 14.3. The minimum absolute atomic E-state index is 0. The Bertz CT molecular complexity index is 609. The monoisotopic (exact) mass is 349 g/mol. The Balaban J connectivity index is 0.00000192. The van der Waals surface area contributed by atoms with Crippen molar-refractivity contribution in [1.29, 1.82) is 0 Å². The van der Waals surface area contributed by atoms with E-state index in [4.69, 9.17) is 4.74 Å². The van der Waals surface area contributed by atoms with Crippen LogP contribution in [-0.2, 0) is 16.1 Å². The molecular weight excluding hydrogens is 330 g/mol. The molecule has 0 aliphatic carbocycles. The predicted molar refractivity (Wildman–Crippen MR) is 96.0 cm³/mol. The quantitative estimate of drug-likeness (QED) is 0.836. The summed E-state index contributed by atoms with van der Waals surface area (Å²) in [7, 11) is 0. The van der Waals surface area contributed by atoms with E-state index in [1.165, 1.54) is 4.90 Å². The van der Waals surface area contributed by atoms with E-state index in [1.54, 1.807) is 0 Å². The Morgan fingerprint density at radius 2 is 1.74 bits per heavy atom. The molecule has 0 amide bonds. The van der Waals surface area contributed by atoms with Gasteiger partial charge in [0.1, 0.15) is 12.6 Å². The van der Waals surface area contributed by atoms with Gasteiger partial charge >= 0.3 is 5.97 Å². The third-order valence-corrected chi connectivity index (χ3v) is 4.88. The van der Waals surface area contributed by atoms with Crippen LogP contribution >= 0.6 is 24.2 Å². The highest BCUT2D eigenvalue weighted by atomic mass is 35.5. The van der Waals surface area contributed by atoms with Crippen LogP contribution in [0.3, 0.4) is 0 Å². The molecule has 122 valence electrons. The van der Waals surface area contributed by atoms with Crippen LogP contribution in [0.5, 0.6) is 0 Å². The summed E-state index contributed by atoms with van der Waals surface area (Å²) in [4.78, 5) is 13.4. The number of halogens is 1. The summed E-state index contributed by atoms with van der Waals surface area (Å²) in [6.45, 7) is 1.18. The minimum atomic E-state index is -0.190. The predicted octanol–water partition coefficient (Wildman–Crippen LogP) is 3.67. The molecule has 2 atom stereocenters. The van der Waals surface area contributed by atoms with Crippen molar-refractivity contribution in [2.24, 2.45) is 0 Å². The lowest BCUT2D eigenvalue weighted by molar-refractivity contribution is -0.147. The summed E-state index contributed by atoms with van der Waals surface area (Å²) >= 11 is 1.82. The molecule has 1 aliphatic heterocycles. The van der Waals surface area contributed by atoms with Crippen molar-refractivity contribution < 1.29 is 9.53 Å². The number of ether oxygens (including phenoxy) is 1. The molecule has 2 aromatic rings. The lowest BCUT2D eigenvalue weighted by atomic mass is 10.2. The van der Waals surface area contributed by atoms with Gasteiger partial charge in [0.15, 0.2) is 0 Å². The Hall–Kier alpha value is -1.49. The second-order valence-corrected chi connectivity index (χ2v) is 6.72. The summed E-state index contributed by atoms with van der Waals surface area (Å²) in [5.41, 5.74) is 1.02. The first-order valence-electron chi connectivity index (χ1n) is 7.47. The van der Waals surface area contributed by atoms with Gasteiger partial charge in [-0.2, -0.15) is 0 Å². The summed E-state index contributed by atoms with van der Waals surface area (Å²) in [5, 5.41) is 3.68. The molecule has 0 unspecified atom stereocenters. The SMILES string of the molecule is Cl.O=C(OCc1ccccc1)[C@@H]1C[C@H](Sc2ccccc2)CN1. The Labute approximate surface area is 147 Å². The zero-order valence-electron chi connectivity index (χ0n) is 12.7. The highest BCUT2D eigenvalue weighted by molar-refractivity contribution is 8.00. The molecule has 1 heterocycles. The number of esters is 1. The summed E-state index contributed by atoms with van der Waals surface area (Å²) < 4.78 is 5.40. The molecule has 3 rings (SSSR count). The molecular formula is C18H20ClNO2S. The van der Waals surface area contributed by atoms with Crippen molar-refractivity contribution in [2.45, 2.75) is 29.2 Å². The van der Waals surface area contributed by atoms with Crippen molar-refractivity contribution in [3.05, 3.63) is 66.2 Å². The van der Waals surface area contributed by atoms with E-state index in [0.29, 0.717) is 11.9 Å². The Morgan fingerprint density at radius 3 is 2.43 bits per heavy atom. The van der Waals surface area contributed by atoms with E-state index in [-0.39, 0.29) is 24.4 Å². The molecule has 0 saturated carbocycles. The number of thioether (sulfide) groups is 1. The third kappa shape index (κ3) is 5.27. The first-order chi connectivity index (χ1) is 10.8. The topological polar surface area (TPSA) is 38.3 Å². The molecule has 0 radical (unpaired) electrons. The van der Waals surface area contributed by atoms with Gasteiger partial charge in [0.25, 0.3) is 0 Å². The van der Waals surface area contributed by atoms with Crippen molar-refractivity contribution >= 4 is 30.1 Å². The van der Waals surface area contributed by atoms with Crippen LogP contribution in [0.2, 0.25) is 0 Å².